The lowest BCUT2D eigenvalue weighted by Crippen LogP contribution is -2.48. The number of aromatic nitrogens is 1. The van der Waals surface area contributed by atoms with Crippen LogP contribution in [0.4, 0.5) is 16.3 Å². The minimum atomic E-state index is -0.0413. The number of nitrogens with one attached hydrogen (secondary N) is 2. The number of amides is 2. The highest BCUT2D eigenvalue weighted by molar-refractivity contribution is 6.00. The predicted octanol–water partition coefficient (Wildman–Crippen LogP) is 4.11. The number of carbonyl (C=O) groups excluding carboxylic acids is 1. The molecule has 2 aliphatic rings. The molecule has 5 rings (SSSR count). The molecule has 154 valence electrons. The number of anilines is 2. The van der Waals surface area contributed by atoms with Crippen molar-refractivity contribution in [3.05, 3.63) is 65.7 Å². The molecule has 2 N–H and O–H groups in total. The molecule has 1 saturated heterocycles. The topological polar surface area (TPSA) is 60.5 Å². The number of pyridine rings is 1. The van der Waals surface area contributed by atoms with Crippen LogP contribution in [0, 0.1) is 0 Å². The molecule has 0 unspecified atom stereocenters. The normalized spacial score (nSPS) is 19.0. The van der Waals surface area contributed by atoms with Crippen molar-refractivity contribution in [3.8, 4) is 0 Å². The van der Waals surface area contributed by atoms with E-state index in [1.165, 1.54) is 11.1 Å². The Labute approximate surface area is 176 Å². The van der Waals surface area contributed by atoms with E-state index in [4.69, 9.17) is 4.98 Å². The fourth-order valence-corrected chi connectivity index (χ4v) is 4.43. The first-order valence-corrected chi connectivity index (χ1v) is 10.7. The van der Waals surface area contributed by atoms with Crippen LogP contribution in [0.25, 0.3) is 10.9 Å². The molecule has 2 amide bonds. The summed E-state index contributed by atoms with van der Waals surface area (Å²) in [6.45, 7) is 3.32. The van der Waals surface area contributed by atoms with Gasteiger partial charge in [0, 0.05) is 31.6 Å². The highest BCUT2D eigenvalue weighted by Gasteiger charge is 2.22. The Hall–Kier alpha value is -3.12. The van der Waals surface area contributed by atoms with E-state index in [1.54, 1.807) is 0 Å². The quantitative estimate of drug-likeness (QED) is 0.693. The number of hydrogen-bond donors (Lipinski definition) is 2. The minimum Gasteiger partial charge on any atom is -0.363 e. The third-order valence-electron chi connectivity index (χ3n) is 6.22. The summed E-state index contributed by atoms with van der Waals surface area (Å²) in [5.74, 6) is 0.867. The fraction of sp³-hybridized carbons (Fsp3) is 0.333. The zero-order chi connectivity index (χ0) is 20.5. The van der Waals surface area contributed by atoms with Crippen molar-refractivity contribution in [2.75, 3.05) is 43.9 Å². The van der Waals surface area contributed by atoms with Gasteiger partial charge in [0.1, 0.15) is 5.82 Å². The number of benzene rings is 2. The molecule has 0 saturated carbocycles. The summed E-state index contributed by atoms with van der Waals surface area (Å²) in [6, 6.07) is 18.8. The number of aryl methyl sites for hydroxylation is 1. The maximum absolute atomic E-state index is 12.7. The second kappa shape index (κ2) is 7.95. The van der Waals surface area contributed by atoms with Gasteiger partial charge in [-0.15, -0.1) is 0 Å². The van der Waals surface area contributed by atoms with E-state index >= 15 is 0 Å². The Morgan fingerprint density at radius 2 is 1.83 bits per heavy atom. The van der Waals surface area contributed by atoms with Gasteiger partial charge in [0.2, 0.25) is 0 Å². The molecular weight excluding hydrogens is 374 g/mol. The highest BCUT2D eigenvalue weighted by atomic mass is 16.2. The monoisotopic (exact) mass is 401 g/mol. The van der Waals surface area contributed by atoms with Crippen LogP contribution >= 0.6 is 0 Å². The minimum absolute atomic E-state index is 0.0413. The van der Waals surface area contributed by atoms with E-state index < -0.39 is 0 Å². The van der Waals surface area contributed by atoms with Gasteiger partial charge in [-0.25, -0.2) is 9.78 Å². The van der Waals surface area contributed by atoms with Gasteiger partial charge in [-0.05, 0) is 55.3 Å². The average Bonchev–Trinajstić information content (AvgIpc) is 3.17. The molecule has 0 spiro atoms. The number of fused-ring (bicyclic) bond motifs is 2. The molecule has 1 aliphatic carbocycles. The number of carbonyl (C=O) groups is 1. The molecule has 6 heteroatoms. The Morgan fingerprint density at radius 1 is 1.00 bits per heavy atom. The molecule has 1 atom stereocenters. The first-order chi connectivity index (χ1) is 14.7. The Balaban J connectivity index is 1.33. The third kappa shape index (κ3) is 3.71. The highest BCUT2D eigenvalue weighted by Crippen LogP contribution is 2.34. The van der Waals surface area contributed by atoms with Gasteiger partial charge in [0.05, 0.1) is 17.2 Å². The maximum Gasteiger partial charge on any atom is 0.321 e. The second-order valence-corrected chi connectivity index (χ2v) is 8.22. The molecular formula is C24H27N5O. The molecule has 1 fully saturated rings. The van der Waals surface area contributed by atoms with E-state index in [1.807, 2.05) is 35.2 Å². The molecule has 6 nitrogen and oxygen atoms in total. The Morgan fingerprint density at radius 3 is 2.70 bits per heavy atom. The van der Waals surface area contributed by atoms with E-state index in [-0.39, 0.29) is 6.03 Å². The zero-order valence-electron chi connectivity index (χ0n) is 17.3. The predicted molar refractivity (Wildman–Crippen MR) is 121 cm³/mol. The molecule has 2 aromatic carbocycles. The van der Waals surface area contributed by atoms with Crippen molar-refractivity contribution in [2.24, 2.45) is 0 Å². The van der Waals surface area contributed by atoms with Gasteiger partial charge < -0.3 is 20.4 Å². The summed E-state index contributed by atoms with van der Waals surface area (Å²) in [5.41, 5.74) is 4.47. The lowest BCUT2D eigenvalue weighted by Gasteiger charge is -2.32. The molecule has 1 aromatic heterocycles. The number of piperazine rings is 1. The van der Waals surface area contributed by atoms with Crippen LogP contribution in [0.3, 0.4) is 0 Å². The summed E-state index contributed by atoms with van der Waals surface area (Å²) in [4.78, 5) is 21.6. The summed E-state index contributed by atoms with van der Waals surface area (Å²) >= 11 is 0. The third-order valence-corrected chi connectivity index (χ3v) is 6.22. The van der Waals surface area contributed by atoms with Gasteiger partial charge in [-0.1, -0.05) is 30.3 Å². The van der Waals surface area contributed by atoms with Crippen LogP contribution < -0.4 is 10.6 Å². The van der Waals surface area contributed by atoms with Gasteiger partial charge in [-0.3, -0.25) is 0 Å². The van der Waals surface area contributed by atoms with Crippen molar-refractivity contribution >= 4 is 28.4 Å². The van der Waals surface area contributed by atoms with Gasteiger partial charge in [0.25, 0.3) is 0 Å². The molecule has 2 heterocycles. The summed E-state index contributed by atoms with van der Waals surface area (Å²) < 4.78 is 0. The summed E-state index contributed by atoms with van der Waals surface area (Å²) in [7, 11) is 2.08. The van der Waals surface area contributed by atoms with Crippen LogP contribution in [0.5, 0.6) is 0 Å². The number of urea groups is 1. The van der Waals surface area contributed by atoms with Gasteiger partial charge in [0.15, 0.2) is 0 Å². The largest absolute Gasteiger partial charge is 0.363 e. The summed E-state index contributed by atoms with van der Waals surface area (Å²) in [5, 5.41) is 7.63. The van der Waals surface area contributed by atoms with Crippen molar-refractivity contribution in [1.29, 1.82) is 0 Å². The van der Waals surface area contributed by atoms with Crippen LogP contribution in [0.2, 0.25) is 0 Å². The standard InChI is InChI=1S/C24H27N5O/c1-28-13-15-29(16-14-28)24(30)27-21-8-4-7-20-19(21)10-12-23(25-20)26-22-11-9-17-5-2-3-6-18(17)22/h2-8,10,12,22H,9,11,13-16H2,1H3,(H,25,26)(H,27,30)/t22-/m1/s1. The lowest BCUT2D eigenvalue weighted by atomic mass is 10.1. The number of likely N-dealkylation sites (N-methyl/N-ethyl adjacent to an activating group) is 1. The molecule has 0 radical (unpaired) electrons. The summed E-state index contributed by atoms with van der Waals surface area (Å²) in [6.07, 6.45) is 2.18. The Bertz CT molecular complexity index is 1070. The van der Waals surface area contributed by atoms with Crippen LogP contribution in [0.1, 0.15) is 23.6 Å². The maximum atomic E-state index is 12.7. The SMILES string of the molecule is CN1CCN(C(=O)Nc2cccc3nc(N[C@@H]4CCc5ccccc54)ccc23)CC1. The molecule has 0 bridgehead atoms. The molecule has 3 aromatic rings. The molecule has 1 aliphatic heterocycles. The van der Waals surface area contributed by atoms with Crippen molar-refractivity contribution in [2.45, 2.75) is 18.9 Å². The first-order valence-electron chi connectivity index (χ1n) is 10.7. The van der Waals surface area contributed by atoms with E-state index in [2.05, 4.69) is 46.8 Å². The van der Waals surface area contributed by atoms with Crippen molar-refractivity contribution < 1.29 is 4.79 Å². The van der Waals surface area contributed by atoms with Crippen molar-refractivity contribution in [1.82, 2.24) is 14.8 Å². The van der Waals surface area contributed by atoms with Crippen molar-refractivity contribution in [3.63, 3.8) is 0 Å². The van der Waals surface area contributed by atoms with E-state index in [0.717, 1.165) is 61.4 Å². The number of rotatable bonds is 3. The number of nitrogens with zero attached hydrogens (tertiary/aromatic N) is 3. The average molecular weight is 402 g/mol. The smallest absolute Gasteiger partial charge is 0.321 e. The van der Waals surface area contributed by atoms with E-state index in [0.29, 0.717) is 6.04 Å². The Kier molecular flexibility index (Phi) is 5.01. The van der Waals surface area contributed by atoms with Crippen LogP contribution in [0.15, 0.2) is 54.6 Å². The fourth-order valence-electron chi connectivity index (χ4n) is 4.43. The zero-order valence-corrected chi connectivity index (χ0v) is 17.3. The van der Waals surface area contributed by atoms with Gasteiger partial charge >= 0.3 is 6.03 Å². The molecule has 30 heavy (non-hydrogen) atoms. The second-order valence-electron chi connectivity index (χ2n) is 8.22. The number of hydrogen-bond acceptors (Lipinski definition) is 4. The van der Waals surface area contributed by atoms with Gasteiger partial charge in [-0.2, -0.15) is 0 Å². The van der Waals surface area contributed by atoms with Crippen LogP contribution in [-0.2, 0) is 6.42 Å². The van der Waals surface area contributed by atoms with Crippen LogP contribution in [-0.4, -0.2) is 54.0 Å². The lowest BCUT2D eigenvalue weighted by molar-refractivity contribution is 0.164. The van der Waals surface area contributed by atoms with E-state index in [9.17, 15) is 4.79 Å². The first kappa shape index (κ1) is 18.9.